The number of fused-ring (bicyclic) bond motifs is 3. The van der Waals surface area contributed by atoms with Gasteiger partial charge in [0.05, 0.1) is 6.54 Å². The lowest BCUT2D eigenvalue weighted by molar-refractivity contribution is -0.0248. The monoisotopic (exact) mass is 342 g/mol. The van der Waals surface area contributed by atoms with E-state index in [2.05, 4.69) is 20.9 Å². The van der Waals surface area contributed by atoms with Crippen molar-refractivity contribution < 1.29 is 5.11 Å². The molecule has 1 atom stereocenters. The summed E-state index contributed by atoms with van der Waals surface area (Å²) in [4.78, 5) is 6.58. The van der Waals surface area contributed by atoms with Crippen LogP contribution >= 0.6 is 15.9 Å². The first-order valence-corrected chi connectivity index (χ1v) is 7.82. The summed E-state index contributed by atoms with van der Waals surface area (Å²) in [6.45, 7) is 3.51. The lowest BCUT2D eigenvalue weighted by Crippen LogP contribution is -2.44. The third kappa shape index (κ3) is 1.66. The predicted octanol–water partition coefficient (Wildman–Crippen LogP) is 3.03. The number of aliphatic hydroxyl groups is 1. The Morgan fingerprint density at radius 3 is 2.81 bits per heavy atom. The standard InChI is InChI=1S/C17H15BrN2O/c1-11-6-7-14(15(18)10-11)17(21)13-5-3-2-4-12(13)16-19-8-9-20(16)17/h2-7,10,21H,8-9H2,1H3. The minimum absolute atomic E-state index is 0.732. The summed E-state index contributed by atoms with van der Waals surface area (Å²) in [5.74, 6) is 0.903. The van der Waals surface area contributed by atoms with Gasteiger partial charge in [0.25, 0.3) is 0 Å². The van der Waals surface area contributed by atoms with E-state index in [1.807, 2.05) is 54.3 Å². The van der Waals surface area contributed by atoms with Gasteiger partial charge in [-0.1, -0.05) is 52.3 Å². The molecule has 0 saturated carbocycles. The Morgan fingerprint density at radius 2 is 2.00 bits per heavy atom. The summed E-state index contributed by atoms with van der Waals surface area (Å²) < 4.78 is 0.924. The first-order valence-electron chi connectivity index (χ1n) is 7.03. The van der Waals surface area contributed by atoms with Crippen molar-refractivity contribution in [2.45, 2.75) is 12.6 Å². The van der Waals surface area contributed by atoms with Gasteiger partial charge in [-0.15, -0.1) is 0 Å². The zero-order valence-corrected chi connectivity index (χ0v) is 13.3. The quantitative estimate of drug-likeness (QED) is 0.864. The van der Waals surface area contributed by atoms with Crippen molar-refractivity contribution in [2.24, 2.45) is 4.99 Å². The molecule has 4 rings (SSSR count). The molecule has 0 saturated heterocycles. The second kappa shape index (κ2) is 4.42. The molecule has 0 fully saturated rings. The average Bonchev–Trinajstić information content (AvgIpc) is 3.03. The van der Waals surface area contributed by atoms with Crippen molar-refractivity contribution in [3.63, 3.8) is 0 Å². The molecule has 2 aromatic carbocycles. The van der Waals surface area contributed by atoms with E-state index in [1.165, 1.54) is 0 Å². The van der Waals surface area contributed by atoms with Crippen LogP contribution in [0.5, 0.6) is 0 Å². The van der Waals surface area contributed by atoms with E-state index in [-0.39, 0.29) is 0 Å². The Hall–Kier alpha value is -1.65. The number of halogens is 1. The predicted molar refractivity (Wildman–Crippen MR) is 86.4 cm³/mol. The molecule has 0 aromatic heterocycles. The molecule has 1 N–H and O–H groups in total. The van der Waals surface area contributed by atoms with Crippen LogP contribution in [0.2, 0.25) is 0 Å². The van der Waals surface area contributed by atoms with Crippen LogP contribution in [-0.4, -0.2) is 28.9 Å². The Labute approximate surface area is 132 Å². The first kappa shape index (κ1) is 13.0. The van der Waals surface area contributed by atoms with Gasteiger partial charge in [0.1, 0.15) is 5.84 Å². The molecule has 2 aromatic rings. The molecule has 1 unspecified atom stereocenters. The fraction of sp³-hybridized carbons (Fsp3) is 0.235. The molecule has 4 heteroatoms. The van der Waals surface area contributed by atoms with Gasteiger partial charge in [0, 0.05) is 27.7 Å². The molecular weight excluding hydrogens is 328 g/mol. The van der Waals surface area contributed by atoms with Gasteiger partial charge < -0.3 is 10.0 Å². The lowest BCUT2D eigenvalue weighted by atomic mass is 9.93. The van der Waals surface area contributed by atoms with Gasteiger partial charge >= 0.3 is 0 Å². The number of benzene rings is 2. The van der Waals surface area contributed by atoms with Crippen molar-refractivity contribution in [1.82, 2.24) is 4.90 Å². The third-order valence-corrected chi connectivity index (χ3v) is 4.93. The number of hydrogen-bond donors (Lipinski definition) is 1. The van der Waals surface area contributed by atoms with Crippen molar-refractivity contribution in [1.29, 1.82) is 0 Å². The summed E-state index contributed by atoms with van der Waals surface area (Å²) in [5, 5.41) is 11.6. The Kier molecular flexibility index (Phi) is 2.75. The van der Waals surface area contributed by atoms with E-state index >= 15 is 0 Å². The van der Waals surface area contributed by atoms with E-state index < -0.39 is 5.72 Å². The molecule has 2 aliphatic rings. The van der Waals surface area contributed by atoms with Crippen LogP contribution in [0.1, 0.15) is 22.3 Å². The molecule has 2 aliphatic heterocycles. The van der Waals surface area contributed by atoms with Crippen LogP contribution in [-0.2, 0) is 5.72 Å². The topological polar surface area (TPSA) is 35.8 Å². The minimum atomic E-state index is -1.14. The maximum absolute atomic E-state index is 11.6. The zero-order chi connectivity index (χ0) is 14.6. The van der Waals surface area contributed by atoms with Crippen LogP contribution in [0.3, 0.4) is 0 Å². The first-order chi connectivity index (χ1) is 10.1. The summed E-state index contributed by atoms with van der Waals surface area (Å²) >= 11 is 3.61. The Balaban J connectivity index is 2.00. The number of aliphatic imine (C=N–C) groups is 1. The average molecular weight is 343 g/mol. The van der Waals surface area contributed by atoms with Gasteiger partial charge in [0.15, 0.2) is 5.72 Å². The van der Waals surface area contributed by atoms with E-state index in [1.54, 1.807) is 0 Å². The number of rotatable bonds is 1. The molecule has 0 radical (unpaired) electrons. The second-order valence-corrected chi connectivity index (χ2v) is 6.41. The van der Waals surface area contributed by atoms with Gasteiger partial charge in [-0.05, 0) is 18.6 Å². The molecule has 0 spiro atoms. The van der Waals surface area contributed by atoms with Crippen LogP contribution in [0.15, 0.2) is 51.9 Å². The highest BCUT2D eigenvalue weighted by atomic mass is 79.9. The summed E-state index contributed by atoms with van der Waals surface area (Å²) in [6, 6.07) is 14.1. The maximum Gasteiger partial charge on any atom is 0.194 e. The highest BCUT2D eigenvalue weighted by Gasteiger charge is 2.50. The van der Waals surface area contributed by atoms with Gasteiger partial charge in [-0.25, -0.2) is 0 Å². The van der Waals surface area contributed by atoms with Crippen LogP contribution in [0.25, 0.3) is 0 Å². The van der Waals surface area contributed by atoms with Crippen LogP contribution in [0, 0.1) is 6.92 Å². The molecule has 0 aliphatic carbocycles. The molecular formula is C17H15BrN2O. The minimum Gasteiger partial charge on any atom is -0.363 e. The van der Waals surface area contributed by atoms with Gasteiger partial charge in [-0.3, -0.25) is 4.99 Å². The van der Waals surface area contributed by atoms with Gasteiger partial charge in [-0.2, -0.15) is 0 Å². The highest BCUT2D eigenvalue weighted by molar-refractivity contribution is 9.10. The van der Waals surface area contributed by atoms with Crippen molar-refractivity contribution in [2.75, 3.05) is 13.1 Å². The number of hydrogen-bond acceptors (Lipinski definition) is 3. The Morgan fingerprint density at radius 1 is 1.19 bits per heavy atom. The van der Waals surface area contributed by atoms with Crippen LogP contribution in [0.4, 0.5) is 0 Å². The van der Waals surface area contributed by atoms with Crippen molar-refractivity contribution >= 4 is 21.8 Å². The van der Waals surface area contributed by atoms with E-state index in [0.29, 0.717) is 0 Å². The van der Waals surface area contributed by atoms with Crippen LogP contribution < -0.4 is 0 Å². The molecule has 0 bridgehead atoms. The molecule has 0 amide bonds. The fourth-order valence-corrected chi connectivity index (χ4v) is 4.08. The van der Waals surface area contributed by atoms with Crippen molar-refractivity contribution in [3.05, 3.63) is 69.2 Å². The smallest absolute Gasteiger partial charge is 0.194 e. The summed E-state index contributed by atoms with van der Waals surface area (Å²) in [7, 11) is 0. The maximum atomic E-state index is 11.6. The van der Waals surface area contributed by atoms with E-state index in [0.717, 1.165) is 45.7 Å². The number of aryl methyl sites for hydroxylation is 1. The lowest BCUT2D eigenvalue weighted by Gasteiger charge is -2.34. The highest BCUT2D eigenvalue weighted by Crippen LogP contribution is 2.45. The van der Waals surface area contributed by atoms with Crippen molar-refractivity contribution in [3.8, 4) is 0 Å². The number of nitrogens with zero attached hydrogens (tertiary/aromatic N) is 2. The molecule has 21 heavy (non-hydrogen) atoms. The van der Waals surface area contributed by atoms with E-state index in [9.17, 15) is 5.11 Å². The summed E-state index contributed by atoms with van der Waals surface area (Å²) in [6.07, 6.45) is 0. The van der Waals surface area contributed by atoms with E-state index in [4.69, 9.17) is 0 Å². The molecule has 106 valence electrons. The number of amidine groups is 1. The Bertz CT molecular complexity index is 771. The second-order valence-electron chi connectivity index (χ2n) is 5.56. The third-order valence-electron chi connectivity index (χ3n) is 4.28. The molecule has 3 nitrogen and oxygen atoms in total. The SMILES string of the molecule is Cc1ccc(C2(O)c3ccccc3C3=NCCN32)c(Br)c1. The summed E-state index contributed by atoms with van der Waals surface area (Å²) in [5.41, 5.74) is 2.83. The van der Waals surface area contributed by atoms with Gasteiger partial charge in [0.2, 0.25) is 0 Å². The largest absolute Gasteiger partial charge is 0.363 e. The normalized spacial score (nSPS) is 23.0. The zero-order valence-electron chi connectivity index (χ0n) is 11.7. The molecule has 2 heterocycles. The fourth-order valence-electron chi connectivity index (χ4n) is 3.31.